The van der Waals surface area contributed by atoms with Gasteiger partial charge in [-0.05, 0) is 30.7 Å². The van der Waals surface area contributed by atoms with Crippen LogP contribution in [0.3, 0.4) is 0 Å². The molecule has 0 atom stereocenters. The molecule has 8 heteroatoms. The fraction of sp³-hybridized carbons (Fsp3) is 0.222. The molecule has 0 saturated carbocycles. The molecule has 3 aromatic rings. The molecule has 1 heterocycles. The summed E-state index contributed by atoms with van der Waals surface area (Å²) >= 11 is 0. The number of aromatic nitrogens is 2. The van der Waals surface area contributed by atoms with Crippen LogP contribution in [0.4, 0.5) is 0 Å². The zero-order chi connectivity index (χ0) is 18.6. The summed E-state index contributed by atoms with van der Waals surface area (Å²) in [6.07, 6.45) is 0.285. The lowest BCUT2D eigenvalue weighted by Crippen LogP contribution is -2.26. The van der Waals surface area contributed by atoms with Gasteiger partial charge in [0.05, 0.1) is 17.6 Å². The summed E-state index contributed by atoms with van der Waals surface area (Å²) < 4.78 is 38.2. The van der Waals surface area contributed by atoms with Crippen LogP contribution in [-0.4, -0.2) is 32.3 Å². The molecule has 1 N–H and O–H groups in total. The molecular formula is C18H19N3O4S. The Labute approximate surface area is 152 Å². The summed E-state index contributed by atoms with van der Waals surface area (Å²) in [5.74, 6) is 1.31. The Bertz CT molecular complexity index is 999. The highest BCUT2D eigenvalue weighted by molar-refractivity contribution is 7.89. The third-order valence-corrected chi connectivity index (χ3v) is 5.44. The molecule has 0 aliphatic heterocycles. The van der Waals surface area contributed by atoms with Gasteiger partial charge >= 0.3 is 0 Å². The number of methoxy groups -OCH3 is 1. The van der Waals surface area contributed by atoms with E-state index in [1.165, 1.54) is 0 Å². The summed E-state index contributed by atoms with van der Waals surface area (Å²) in [4.78, 5) is 0.264. The Balaban J connectivity index is 1.67. The number of aryl methyl sites for hydroxylation is 1. The smallest absolute Gasteiger partial charge is 0.251 e. The van der Waals surface area contributed by atoms with Gasteiger partial charge in [-0.1, -0.05) is 30.3 Å². The van der Waals surface area contributed by atoms with Crippen molar-refractivity contribution in [1.29, 1.82) is 0 Å². The molecule has 0 unspecified atom stereocenters. The van der Waals surface area contributed by atoms with Crippen LogP contribution in [0.15, 0.2) is 57.8 Å². The molecule has 0 aliphatic rings. The lowest BCUT2D eigenvalue weighted by molar-refractivity contribution is 0.413. The molecular weight excluding hydrogens is 354 g/mol. The van der Waals surface area contributed by atoms with Crippen LogP contribution in [0.1, 0.15) is 11.5 Å². The van der Waals surface area contributed by atoms with Gasteiger partial charge in [-0.3, -0.25) is 0 Å². The molecule has 26 heavy (non-hydrogen) atoms. The molecule has 0 saturated heterocycles. The van der Waals surface area contributed by atoms with Gasteiger partial charge in [0.2, 0.25) is 15.9 Å². The Morgan fingerprint density at radius 3 is 2.58 bits per heavy atom. The predicted molar refractivity (Wildman–Crippen MR) is 96.4 cm³/mol. The van der Waals surface area contributed by atoms with Crippen molar-refractivity contribution in [2.75, 3.05) is 13.7 Å². The van der Waals surface area contributed by atoms with E-state index in [1.807, 2.05) is 18.2 Å². The van der Waals surface area contributed by atoms with Gasteiger partial charge in [0.15, 0.2) is 0 Å². The van der Waals surface area contributed by atoms with Crippen molar-refractivity contribution in [2.45, 2.75) is 18.2 Å². The number of hydrogen-bond donors (Lipinski definition) is 1. The van der Waals surface area contributed by atoms with E-state index in [2.05, 4.69) is 14.9 Å². The summed E-state index contributed by atoms with van der Waals surface area (Å²) in [7, 11) is -2.01. The van der Waals surface area contributed by atoms with Crippen molar-refractivity contribution in [1.82, 2.24) is 14.9 Å². The zero-order valence-electron chi connectivity index (χ0n) is 14.5. The quantitative estimate of drug-likeness (QED) is 0.684. The minimum Gasteiger partial charge on any atom is -0.496 e. The summed E-state index contributed by atoms with van der Waals surface area (Å²) in [6.45, 7) is 1.91. The highest BCUT2D eigenvalue weighted by Gasteiger charge is 2.17. The van der Waals surface area contributed by atoms with Gasteiger partial charge in [0.25, 0.3) is 5.89 Å². The van der Waals surface area contributed by atoms with E-state index in [9.17, 15) is 8.42 Å². The fourth-order valence-corrected chi connectivity index (χ4v) is 3.79. The van der Waals surface area contributed by atoms with E-state index in [0.29, 0.717) is 28.7 Å². The molecule has 1 aromatic heterocycles. The maximum absolute atomic E-state index is 12.4. The van der Waals surface area contributed by atoms with Crippen molar-refractivity contribution in [2.24, 2.45) is 0 Å². The molecule has 0 amide bonds. The first-order chi connectivity index (χ1) is 12.5. The number of nitrogens with one attached hydrogen (secondary N) is 1. The maximum atomic E-state index is 12.4. The van der Waals surface area contributed by atoms with Gasteiger partial charge in [-0.2, -0.15) is 0 Å². The van der Waals surface area contributed by atoms with Crippen molar-refractivity contribution < 1.29 is 17.6 Å². The molecule has 0 bridgehead atoms. The van der Waals surface area contributed by atoms with Gasteiger partial charge in [0, 0.05) is 13.0 Å². The molecule has 0 aliphatic carbocycles. The normalized spacial score (nSPS) is 11.5. The minimum absolute atomic E-state index is 0.157. The summed E-state index contributed by atoms with van der Waals surface area (Å²) in [5.41, 5.74) is 1.38. The first kappa shape index (κ1) is 18.1. The van der Waals surface area contributed by atoms with E-state index >= 15 is 0 Å². The number of rotatable bonds is 7. The Morgan fingerprint density at radius 1 is 1.08 bits per heavy atom. The molecule has 0 radical (unpaired) electrons. The molecule has 3 rings (SSSR count). The van der Waals surface area contributed by atoms with Gasteiger partial charge in [-0.15, -0.1) is 10.2 Å². The molecule has 0 fully saturated rings. The Hall–Kier alpha value is -2.71. The highest BCUT2D eigenvalue weighted by atomic mass is 32.2. The first-order valence-corrected chi connectivity index (χ1v) is 9.50. The number of hydrogen-bond acceptors (Lipinski definition) is 6. The lowest BCUT2D eigenvalue weighted by Gasteiger charge is -2.08. The Morgan fingerprint density at radius 2 is 1.81 bits per heavy atom. The van der Waals surface area contributed by atoms with E-state index in [1.54, 1.807) is 44.4 Å². The van der Waals surface area contributed by atoms with Gasteiger partial charge in [-0.25, -0.2) is 13.1 Å². The van der Waals surface area contributed by atoms with Crippen LogP contribution in [-0.2, 0) is 16.4 Å². The van der Waals surface area contributed by atoms with Crippen molar-refractivity contribution in [3.8, 4) is 17.2 Å². The topological polar surface area (TPSA) is 94.3 Å². The van der Waals surface area contributed by atoms with Gasteiger partial charge < -0.3 is 9.15 Å². The van der Waals surface area contributed by atoms with E-state index < -0.39 is 10.0 Å². The summed E-state index contributed by atoms with van der Waals surface area (Å²) in [6, 6.07) is 14.1. The second-order valence-corrected chi connectivity index (χ2v) is 7.35. The average molecular weight is 373 g/mol. The van der Waals surface area contributed by atoms with Gasteiger partial charge in [0.1, 0.15) is 5.75 Å². The predicted octanol–water partition coefficient (Wildman–Crippen LogP) is 2.57. The Kier molecular flexibility index (Phi) is 5.34. The molecule has 136 valence electrons. The van der Waals surface area contributed by atoms with Crippen LogP contribution < -0.4 is 9.46 Å². The minimum atomic E-state index is -3.58. The van der Waals surface area contributed by atoms with Crippen LogP contribution in [0.5, 0.6) is 5.75 Å². The molecule has 7 nitrogen and oxygen atoms in total. The zero-order valence-corrected chi connectivity index (χ0v) is 15.3. The van der Waals surface area contributed by atoms with Crippen LogP contribution >= 0.6 is 0 Å². The number of nitrogens with zero attached hydrogens (tertiary/aromatic N) is 2. The highest BCUT2D eigenvalue weighted by Crippen LogP contribution is 2.28. The van der Waals surface area contributed by atoms with Crippen molar-refractivity contribution in [3.63, 3.8) is 0 Å². The van der Waals surface area contributed by atoms with E-state index in [-0.39, 0.29) is 17.9 Å². The molecule has 0 spiro atoms. The second-order valence-electron chi connectivity index (χ2n) is 5.61. The molecule has 2 aromatic carbocycles. The lowest BCUT2D eigenvalue weighted by atomic mass is 10.2. The number of ether oxygens (including phenoxy) is 1. The van der Waals surface area contributed by atoms with E-state index in [0.717, 1.165) is 0 Å². The second kappa shape index (κ2) is 7.67. The monoisotopic (exact) mass is 373 g/mol. The third-order valence-electron chi connectivity index (χ3n) is 3.82. The summed E-state index contributed by atoms with van der Waals surface area (Å²) in [5, 5.41) is 7.98. The third kappa shape index (κ3) is 3.92. The van der Waals surface area contributed by atoms with Crippen molar-refractivity contribution >= 4 is 10.0 Å². The first-order valence-electron chi connectivity index (χ1n) is 8.02. The average Bonchev–Trinajstić information content (AvgIpc) is 3.10. The largest absolute Gasteiger partial charge is 0.496 e. The fourth-order valence-electron chi connectivity index (χ4n) is 2.51. The van der Waals surface area contributed by atoms with E-state index in [4.69, 9.17) is 9.15 Å². The van der Waals surface area contributed by atoms with Crippen LogP contribution in [0, 0.1) is 6.92 Å². The number of para-hydroxylation sites is 1. The van der Waals surface area contributed by atoms with Crippen molar-refractivity contribution in [3.05, 3.63) is 60.0 Å². The number of benzene rings is 2. The maximum Gasteiger partial charge on any atom is 0.251 e. The SMILES string of the molecule is COc1ccccc1-c1nnc(CCNS(=O)(=O)c2ccccc2C)o1. The standard InChI is InChI=1S/C18H19N3O4S/c1-13-7-3-6-10-16(13)26(22,23)19-12-11-17-20-21-18(25-17)14-8-4-5-9-15(14)24-2/h3-10,19H,11-12H2,1-2H3. The number of sulfonamides is 1. The van der Waals surface area contributed by atoms with Crippen LogP contribution in [0.2, 0.25) is 0 Å². The van der Waals surface area contributed by atoms with Crippen LogP contribution in [0.25, 0.3) is 11.5 Å².